The smallest absolute Gasteiger partial charge is 0.243 e. The first-order valence-electron chi connectivity index (χ1n) is 10.6. The van der Waals surface area contributed by atoms with E-state index in [2.05, 4.69) is 15.6 Å². The van der Waals surface area contributed by atoms with Gasteiger partial charge in [-0.15, -0.1) is 11.6 Å². The minimum Gasteiger partial charge on any atom is -0.318 e. The first kappa shape index (κ1) is 24.4. The molecule has 3 rings (SSSR count). The van der Waals surface area contributed by atoms with Crippen LogP contribution in [0.25, 0.3) is 16.8 Å². The zero-order valence-electron chi connectivity index (χ0n) is 18.2. The van der Waals surface area contributed by atoms with E-state index in [0.29, 0.717) is 48.9 Å². The van der Waals surface area contributed by atoms with Gasteiger partial charge in [0.2, 0.25) is 10.0 Å². The summed E-state index contributed by atoms with van der Waals surface area (Å²) >= 11 is 5.82. The second-order valence-corrected chi connectivity index (χ2v) is 9.52. The fourth-order valence-corrected chi connectivity index (χ4v) is 5.18. The molecule has 6 nitrogen and oxygen atoms in total. The van der Waals surface area contributed by atoms with Crippen LogP contribution < -0.4 is 10.6 Å². The molecule has 2 aromatic carbocycles. The maximum absolute atomic E-state index is 13.4. The molecular formula is C24H29ClN4O2S. The second-order valence-electron chi connectivity index (χ2n) is 7.34. The highest BCUT2D eigenvalue weighted by Crippen LogP contribution is 2.24. The third kappa shape index (κ3) is 6.37. The molecule has 0 aliphatic rings. The van der Waals surface area contributed by atoms with Gasteiger partial charge in [0.1, 0.15) is 0 Å². The highest BCUT2D eigenvalue weighted by Gasteiger charge is 2.25. The van der Waals surface area contributed by atoms with Gasteiger partial charge in [0.05, 0.1) is 4.90 Å². The number of hydrogen-bond acceptors (Lipinski definition) is 5. The van der Waals surface area contributed by atoms with Crippen molar-refractivity contribution in [3.05, 3.63) is 78.1 Å². The molecule has 0 bridgehead atoms. The van der Waals surface area contributed by atoms with E-state index in [4.69, 9.17) is 11.6 Å². The number of sulfonamides is 1. The summed E-state index contributed by atoms with van der Waals surface area (Å²) < 4.78 is 28.4. The van der Waals surface area contributed by atoms with Crippen molar-refractivity contribution in [1.82, 2.24) is 19.9 Å². The first-order valence-corrected chi connectivity index (χ1v) is 12.5. The van der Waals surface area contributed by atoms with Crippen LogP contribution in [0.5, 0.6) is 0 Å². The van der Waals surface area contributed by atoms with Gasteiger partial charge in [-0.2, -0.15) is 4.31 Å². The highest BCUT2D eigenvalue weighted by atomic mass is 35.5. The molecule has 0 atom stereocenters. The number of pyridine rings is 1. The lowest BCUT2D eigenvalue weighted by molar-refractivity contribution is 0.406. The summed E-state index contributed by atoms with van der Waals surface area (Å²) in [4.78, 5) is 4.41. The Morgan fingerprint density at radius 3 is 2.59 bits per heavy atom. The van der Waals surface area contributed by atoms with Gasteiger partial charge >= 0.3 is 0 Å². The monoisotopic (exact) mass is 472 g/mol. The van der Waals surface area contributed by atoms with Crippen molar-refractivity contribution in [1.29, 1.82) is 0 Å². The number of benzene rings is 2. The molecule has 0 unspecified atom stereocenters. The molecule has 8 heteroatoms. The third-order valence-corrected chi connectivity index (χ3v) is 7.38. The maximum Gasteiger partial charge on any atom is 0.243 e. The molecule has 1 heterocycles. The van der Waals surface area contributed by atoms with E-state index in [1.54, 1.807) is 30.6 Å². The van der Waals surface area contributed by atoms with E-state index in [1.807, 2.05) is 49.5 Å². The highest BCUT2D eigenvalue weighted by molar-refractivity contribution is 7.89. The Balaban J connectivity index is 1.62. The lowest BCUT2D eigenvalue weighted by Gasteiger charge is -2.23. The van der Waals surface area contributed by atoms with Gasteiger partial charge in [0, 0.05) is 61.8 Å². The van der Waals surface area contributed by atoms with Gasteiger partial charge in [-0.1, -0.05) is 48.6 Å². The number of nitrogens with zero attached hydrogens (tertiary/aromatic N) is 2. The van der Waals surface area contributed by atoms with Gasteiger partial charge in [-0.05, 0) is 30.3 Å². The van der Waals surface area contributed by atoms with Crippen LogP contribution in [-0.4, -0.2) is 57.5 Å². The summed E-state index contributed by atoms with van der Waals surface area (Å²) in [5, 5.41) is 7.84. The van der Waals surface area contributed by atoms with Crippen molar-refractivity contribution < 1.29 is 8.42 Å². The van der Waals surface area contributed by atoms with E-state index >= 15 is 0 Å². The molecule has 0 radical (unpaired) electrons. The van der Waals surface area contributed by atoms with Gasteiger partial charge in [0.25, 0.3) is 0 Å². The van der Waals surface area contributed by atoms with Crippen LogP contribution in [0.4, 0.5) is 0 Å². The van der Waals surface area contributed by atoms with E-state index in [1.165, 1.54) is 4.31 Å². The fourth-order valence-electron chi connectivity index (χ4n) is 3.35. The van der Waals surface area contributed by atoms with Gasteiger partial charge < -0.3 is 10.6 Å². The predicted molar refractivity (Wildman–Crippen MR) is 132 cm³/mol. The minimum atomic E-state index is -3.65. The first-order chi connectivity index (χ1) is 15.6. The quantitative estimate of drug-likeness (QED) is 0.312. The summed E-state index contributed by atoms with van der Waals surface area (Å²) in [6.07, 6.45) is 7.37. The van der Waals surface area contributed by atoms with Crippen LogP contribution in [0.15, 0.2) is 71.9 Å². The summed E-state index contributed by atoms with van der Waals surface area (Å²) in [7, 11) is -1.83. The average Bonchev–Trinajstić information content (AvgIpc) is 2.82. The van der Waals surface area contributed by atoms with E-state index < -0.39 is 10.0 Å². The van der Waals surface area contributed by atoms with Gasteiger partial charge in [-0.25, -0.2) is 8.42 Å². The molecule has 0 amide bonds. The molecule has 0 saturated heterocycles. The average molecular weight is 473 g/mol. The maximum atomic E-state index is 13.4. The van der Waals surface area contributed by atoms with Crippen LogP contribution in [0, 0.1) is 0 Å². The molecule has 0 spiro atoms. The van der Waals surface area contributed by atoms with Crippen LogP contribution in [0.1, 0.15) is 11.1 Å². The van der Waals surface area contributed by atoms with Crippen molar-refractivity contribution in [3.63, 3.8) is 0 Å². The van der Waals surface area contributed by atoms with E-state index in [-0.39, 0.29) is 0 Å². The molecule has 1 aromatic heterocycles. The van der Waals surface area contributed by atoms with Crippen molar-refractivity contribution >= 4 is 38.5 Å². The molecule has 2 N–H and O–H groups in total. The number of hydrogen-bond donors (Lipinski definition) is 2. The number of halogens is 1. The fraction of sp³-hybridized carbons (Fsp3) is 0.292. The Labute approximate surface area is 195 Å². The number of aromatic nitrogens is 1. The zero-order chi connectivity index (χ0) is 22.8. The molecule has 3 aromatic rings. The van der Waals surface area contributed by atoms with Gasteiger partial charge in [-0.3, -0.25) is 4.98 Å². The second kappa shape index (κ2) is 12.1. The van der Waals surface area contributed by atoms with Crippen LogP contribution in [0.3, 0.4) is 0 Å². The van der Waals surface area contributed by atoms with Crippen molar-refractivity contribution in [2.45, 2.75) is 10.8 Å². The van der Waals surface area contributed by atoms with Gasteiger partial charge in [0.15, 0.2) is 0 Å². The lowest BCUT2D eigenvalue weighted by Crippen LogP contribution is -2.40. The Morgan fingerprint density at radius 1 is 1.06 bits per heavy atom. The van der Waals surface area contributed by atoms with E-state index in [9.17, 15) is 8.42 Å². The SMILES string of the molecule is CNCCN(CCNCC=Cc1ccc(CCl)cc1)S(=O)(=O)c1cccc2cnccc12. The van der Waals surface area contributed by atoms with Crippen molar-refractivity contribution in [3.8, 4) is 0 Å². The third-order valence-electron chi connectivity index (χ3n) is 5.11. The largest absolute Gasteiger partial charge is 0.318 e. The standard InChI is InChI=1S/C24H29ClN4O2S/c1-26-14-16-29(17-15-27-12-3-4-20-7-9-21(18-25)10-8-20)32(30,31)24-6-2-5-22-19-28-13-11-23(22)24/h2-11,13,19,26-27H,12,14-18H2,1H3. The number of nitrogens with one attached hydrogen (secondary N) is 2. The summed E-state index contributed by atoms with van der Waals surface area (Å²) in [5.41, 5.74) is 2.19. The Bertz CT molecular complexity index is 1130. The molecular weight excluding hydrogens is 444 g/mol. The van der Waals surface area contributed by atoms with Crippen LogP contribution >= 0.6 is 11.6 Å². The molecule has 32 heavy (non-hydrogen) atoms. The normalized spacial score (nSPS) is 12.2. The number of fused-ring (bicyclic) bond motifs is 1. The lowest BCUT2D eigenvalue weighted by atomic mass is 10.1. The molecule has 0 fully saturated rings. The topological polar surface area (TPSA) is 74.3 Å². The Morgan fingerprint density at radius 2 is 1.84 bits per heavy atom. The number of likely N-dealkylation sites (N-methyl/N-ethyl adjacent to an activating group) is 1. The minimum absolute atomic E-state index is 0.314. The number of rotatable bonds is 12. The van der Waals surface area contributed by atoms with Crippen LogP contribution in [-0.2, 0) is 15.9 Å². The molecule has 0 aliphatic carbocycles. The summed E-state index contributed by atoms with van der Waals surface area (Å²) in [6.45, 7) is 2.54. The van der Waals surface area contributed by atoms with E-state index in [0.717, 1.165) is 16.5 Å². The summed E-state index contributed by atoms with van der Waals surface area (Å²) in [6, 6.07) is 15.1. The Kier molecular flexibility index (Phi) is 9.20. The predicted octanol–water partition coefficient (Wildman–Crippen LogP) is 3.49. The number of alkyl halides is 1. The zero-order valence-corrected chi connectivity index (χ0v) is 19.7. The van der Waals surface area contributed by atoms with Crippen molar-refractivity contribution in [2.24, 2.45) is 0 Å². The van der Waals surface area contributed by atoms with Crippen LogP contribution in [0.2, 0.25) is 0 Å². The Hall–Kier alpha value is -2.29. The molecule has 0 aliphatic heterocycles. The summed E-state index contributed by atoms with van der Waals surface area (Å²) in [5.74, 6) is 0.508. The van der Waals surface area contributed by atoms with Crippen molar-refractivity contribution in [2.75, 3.05) is 39.8 Å². The molecule has 170 valence electrons. The molecule has 0 saturated carbocycles.